The predicted octanol–water partition coefficient (Wildman–Crippen LogP) is 2.01. The van der Waals surface area contributed by atoms with Crippen molar-refractivity contribution in [3.8, 4) is 0 Å². The van der Waals surface area contributed by atoms with E-state index in [1.165, 1.54) is 6.20 Å². The van der Waals surface area contributed by atoms with Crippen LogP contribution in [-0.4, -0.2) is 66.1 Å². The maximum atomic E-state index is 12.1. The third-order valence-corrected chi connectivity index (χ3v) is 7.61. The molecule has 1 fully saturated rings. The minimum atomic E-state index is -3.10. The largest absolute Gasteiger partial charge is 0.445 e. The number of rotatable bonds is 7. The summed E-state index contributed by atoms with van der Waals surface area (Å²) in [5.74, 6) is -0.169. The second-order valence-corrected chi connectivity index (χ2v) is 11.3. The van der Waals surface area contributed by atoms with E-state index in [1.807, 2.05) is 11.8 Å². The number of primary amides is 2. The normalized spacial score (nSPS) is 19.0. The lowest BCUT2D eigenvalue weighted by Crippen LogP contribution is -2.42. The van der Waals surface area contributed by atoms with E-state index in [0.29, 0.717) is 54.5 Å². The van der Waals surface area contributed by atoms with Crippen molar-refractivity contribution in [2.24, 2.45) is 11.5 Å². The highest BCUT2D eigenvalue weighted by atomic mass is 32.2. The fraction of sp³-hybridized carbons (Fsp3) is 0.375. The van der Waals surface area contributed by atoms with Crippen LogP contribution in [0.3, 0.4) is 0 Å². The first-order valence-electron chi connectivity index (χ1n) is 11.7. The predicted molar refractivity (Wildman–Crippen MR) is 140 cm³/mol. The molecule has 13 heteroatoms. The number of nitrogens with zero attached hydrogens (tertiary/aromatic N) is 4. The molecule has 2 aromatic rings. The van der Waals surface area contributed by atoms with Gasteiger partial charge >= 0.3 is 6.09 Å². The fourth-order valence-electron chi connectivity index (χ4n) is 4.21. The molecule has 2 aromatic heterocycles. The molecule has 0 radical (unpaired) electrons. The zero-order valence-electron chi connectivity index (χ0n) is 20.4. The molecule has 0 bridgehead atoms. The second-order valence-electron chi connectivity index (χ2n) is 9.07. The van der Waals surface area contributed by atoms with Crippen LogP contribution in [0, 0.1) is 0 Å². The number of ether oxygens (including phenoxy) is 1. The average molecular weight is 528 g/mol. The standard InChI is InChI=1S/C24H29N7O5S/c1-14(2)19-10-16(11-20(29-19)15-5-8-37(34,35)9-6-15)28-22-18(21(25)32)12-27-24(30-22)31-7-3-4-17(13-31)36-23(26)33/h5,10-12,17H,1,3-4,6-9,13H2,2H3,(H2,25,32)(H2,26,33)(H,27,28,29,30). The molecule has 1 saturated heterocycles. The van der Waals surface area contributed by atoms with Crippen LogP contribution in [0.1, 0.15) is 47.9 Å². The Hall–Kier alpha value is -4.00. The van der Waals surface area contributed by atoms with Crippen LogP contribution >= 0.6 is 0 Å². The van der Waals surface area contributed by atoms with Crippen molar-refractivity contribution in [2.75, 3.05) is 34.8 Å². The highest BCUT2D eigenvalue weighted by Crippen LogP contribution is 2.29. The number of hydrogen-bond donors (Lipinski definition) is 3. The summed E-state index contributed by atoms with van der Waals surface area (Å²) in [4.78, 5) is 38.7. The lowest BCUT2D eigenvalue weighted by atomic mass is 10.1. The van der Waals surface area contributed by atoms with Gasteiger partial charge in [-0.1, -0.05) is 12.7 Å². The molecule has 37 heavy (non-hydrogen) atoms. The van der Waals surface area contributed by atoms with Gasteiger partial charge in [0.15, 0.2) is 9.84 Å². The number of anilines is 3. The van der Waals surface area contributed by atoms with Crippen molar-refractivity contribution in [3.63, 3.8) is 0 Å². The van der Waals surface area contributed by atoms with Crippen molar-refractivity contribution < 1.29 is 22.7 Å². The van der Waals surface area contributed by atoms with Crippen molar-refractivity contribution >= 4 is 50.4 Å². The average Bonchev–Trinajstić information content (AvgIpc) is 2.83. The van der Waals surface area contributed by atoms with Crippen LogP contribution in [0.25, 0.3) is 11.1 Å². The van der Waals surface area contributed by atoms with E-state index in [1.54, 1.807) is 18.2 Å². The molecular formula is C24H29N7O5S. The van der Waals surface area contributed by atoms with E-state index in [9.17, 15) is 18.0 Å². The molecule has 0 aliphatic carbocycles. The van der Waals surface area contributed by atoms with Gasteiger partial charge < -0.3 is 26.4 Å². The van der Waals surface area contributed by atoms with Gasteiger partial charge in [0.05, 0.1) is 29.4 Å². The maximum absolute atomic E-state index is 12.1. The number of sulfone groups is 1. The van der Waals surface area contributed by atoms with E-state index in [-0.39, 0.29) is 22.9 Å². The number of carbonyl (C=O) groups excluding carboxylic acids is 2. The van der Waals surface area contributed by atoms with Crippen LogP contribution < -0.4 is 21.7 Å². The molecule has 1 atom stereocenters. The molecule has 2 aliphatic heterocycles. The van der Waals surface area contributed by atoms with Crippen molar-refractivity contribution in [1.82, 2.24) is 15.0 Å². The third-order valence-electron chi connectivity index (χ3n) is 6.11. The lowest BCUT2D eigenvalue weighted by Gasteiger charge is -2.32. The Bertz CT molecular complexity index is 1390. The summed E-state index contributed by atoms with van der Waals surface area (Å²) in [6.45, 7) is 6.77. The molecule has 2 amide bonds. The number of nitrogens with two attached hydrogens (primary N) is 2. The van der Waals surface area contributed by atoms with Crippen molar-refractivity contribution in [3.05, 3.63) is 47.9 Å². The Morgan fingerprint density at radius 3 is 2.68 bits per heavy atom. The van der Waals surface area contributed by atoms with Crippen LogP contribution in [0.15, 0.2) is 31.0 Å². The van der Waals surface area contributed by atoms with Crippen molar-refractivity contribution in [1.29, 1.82) is 0 Å². The highest BCUT2D eigenvalue weighted by molar-refractivity contribution is 7.91. The Morgan fingerprint density at radius 2 is 2.03 bits per heavy atom. The monoisotopic (exact) mass is 527 g/mol. The lowest BCUT2D eigenvalue weighted by molar-refractivity contribution is 0.0959. The van der Waals surface area contributed by atoms with Gasteiger partial charge in [0.2, 0.25) is 5.95 Å². The Kier molecular flexibility index (Phi) is 7.43. The topological polar surface area (TPSA) is 183 Å². The summed E-state index contributed by atoms with van der Waals surface area (Å²) in [7, 11) is -3.10. The zero-order chi connectivity index (χ0) is 26.7. The number of amides is 2. The third kappa shape index (κ3) is 6.42. The number of hydrogen-bond acceptors (Lipinski definition) is 10. The summed E-state index contributed by atoms with van der Waals surface area (Å²) in [6, 6.07) is 3.52. The smallest absolute Gasteiger partial charge is 0.404 e. The first kappa shape index (κ1) is 26.1. The number of aromatic nitrogens is 3. The molecule has 5 N–H and O–H groups in total. The molecule has 4 heterocycles. The SMILES string of the molecule is C=C(C)c1cc(Nc2nc(N3CCCC(OC(N)=O)C3)ncc2C(N)=O)cc(C2=CCS(=O)(=O)CC2)n1. The van der Waals surface area contributed by atoms with Crippen LogP contribution in [0.5, 0.6) is 0 Å². The molecule has 12 nitrogen and oxygen atoms in total. The van der Waals surface area contributed by atoms with E-state index < -0.39 is 27.9 Å². The Balaban J connectivity index is 1.68. The van der Waals surface area contributed by atoms with Crippen molar-refractivity contribution in [2.45, 2.75) is 32.3 Å². The van der Waals surface area contributed by atoms with E-state index in [4.69, 9.17) is 16.2 Å². The molecule has 4 rings (SSSR count). The van der Waals surface area contributed by atoms with Crippen LogP contribution in [0.2, 0.25) is 0 Å². The Morgan fingerprint density at radius 1 is 1.24 bits per heavy atom. The number of carbonyl (C=O) groups is 2. The molecule has 196 valence electrons. The maximum Gasteiger partial charge on any atom is 0.404 e. The van der Waals surface area contributed by atoms with Gasteiger partial charge in [0.1, 0.15) is 17.5 Å². The minimum Gasteiger partial charge on any atom is -0.445 e. The first-order valence-corrected chi connectivity index (χ1v) is 13.6. The summed E-state index contributed by atoms with van der Waals surface area (Å²) in [5, 5.41) is 3.16. The number of piperidine rings is 1. The number of allylic oxidation sites excluding steroid dienone is 2. The van der Waals surface area contributed by atoms with Crippen LogP contribution in [-0.2, 0) is 14.6 Å². The zero-order valence-corrected chi connectivity index (χ0v) is 21.3. The molecule has 1 unspecified atom stereocenters. The summed E-state index contributed by atoms with van der Waals surface area (Å²) in [5.41, 5.74) is 14.1. The first-order chi connectivity index (χ1) is 17.5. The van der Waals surface area contributed by atoms with Gasteiger partial charge in [-0.2, -0.15) is 4.98 Å². The Labute approximate surface area is 214 Å². The summed E-state index contributed by atoms with van der Waals surface area (Å²) < 4.78 is 28.9. The summed E-state index contributed by atoms with van der Waals surface area (Å²) in [6.07, 6.45) is 3.55. The van der Waals surface area contributed by atoms with Crippen LogP contribution in [0.4, 0.5) is 22.2 Å². The van der Waals surface area contributed by atoms with E-state index in [2.05, 4.69) is 26.8 Å². The second kappa shape index (κ2) is 10.5. The van der Waals surface area contributed by atoms with E-state index >= 15 is 0 Å². The summed E-state index contributed by atoms with van der Waals surface area (Å²) >= 11 is 0. The highest BCUT2D eigenvalue weighted by Gasteiger charge is 2.26. The molecule has 2 aliphatic rings. The number of nitrogens with one attached hydrogen (secondary N) is 1. The minimum absolute atomic E-state index is 0.0402. The van der Waals surface area contributed by atoms with Gasteiger partial charge in [0.25, 0.3) is 5.91 Å². The van der Waals surface area contributed by atoms with Gasteiger partial charge in [-0.3, -0.25) is 4.79 Å². The van der Waals surface area contributed by atoms with Gasteiger partial charge in [-0.25, -0.2) is 23.2 Å². The number of pyridine rings is 1. The van der Waals surface area contributed by atoms with E-state index in [0.717, 1.165) is 12.0 Å². The fourth-order valence-corrected chi connectivity index (χ4v) is 5.37. The van der Waals surface area contributed by atoms with Gasteiger partial charge in [0, 0.05) is 18.4 Å². The molecule has 0 spiro atoms. The molecule has 0 aromatic carbocycles. The van der Waals surface area contributed by atoms with Gasteiger partial charge in [-0.15, -0.1) is 0 Å². The quantitative estimate of drug-likeness (QED) is 0.481. The molecular weight excluding hydrogens is 498 g/mol. The van der Waals surface area contributed by atoms with Gasteiger partial charge in [-0.05, 0) is 49.5 Å². The molecule has 0 saturated carbocycles.